The van der Waals surface area contributed by atoms with Gasteiger partial charge in [0.15, 0.2) is 11.5 Å². The fourth-order valence-corrected chi connectivity index (χ4v) is 2.80. The topological polar surface area (TPSA) is 94.2 Å². The van der Waals surface area contributed by atoms with Crippen LogP contribution in [0.4, 0.5) is 11.4 Å². The van der Waals surface area contributed by atoms with Crippen LogP contribution in [0.15, 0.2) is 42.5 Å². The molecular weight excluding hydrogens is 364 g/mol. The number of nitrogens with zero attached hydrogens (tertiary/aromatic N) is 1. The monoisotopic (exact) mass is 384 g/mol. The number of carbonyl (C=O) groups excluding carboxylic acids is 3. The lowest BCUT2D eigenvalue weighted by Crippen LogP contribution is -2.31. The van der Waals surface area contributed by atoms with Gasteiger partial charge in [-0.1, -0.05) is 6.07 Å². The molecule has 8 nitrogen and oxygen atoms in total. The Morgan fingerprint density at radius 2 is 1.89 bits per heavy atom. The van der Waals surface area contributed by atoms with E-state index in [1.807, 2.05) is 0 Å². The molecule has 0 atom stereocenters. The Morgan fingerprint density at radius 1 is 1.11 bits per heavy atom. The van der Waals surface area contributed by atoms with E-state index in [0.29, 0.717) is 28.4 Å². The highest BCUT2D eigenvalue weighted by Gasteiger charge is 2.19. The molecule has 2 aromatic carbocycles. The molecule has 28 heavy (non-hydrogen) atoms. The number of methoxy groups -OCH3 is 1. The van der Waals surface area contributed by atoms with Crippen molar-refractivity contribution in [3.63, 3.8) is 0 Å². The van der Waals surface area contributed by atoms with Crippen molar-refractivity contribution in [2.75, 3.05) is 30.7 Å². The number of anilines is 2. The van der Waals surface area contributed by atoms with Gasteiger partial charge in [0.2, 0.25) is 18.6 Å². The van der Waals surface area contributed by atoms with Crippen molar-refractivity contribution in [1.82, 2.24) is 0 Å². The molecule has 0 unspecified atom stereocenters. The number of ether oxygens (including phenoxy) is 3. The number of esters is 1. The van der Waals surface area contributed by atoms with Gasteiger partial charge in [-0.15, -0.1) is 0 Å². The number of benzene rings is 2. The molecule has 0 fully saturated rings. The molecule has 1 aliphatic heterocycles. The number of carbonyl (C=O) groups is 3. The zero-order chi connectivity index (χ0) is 20.1. The van der Waals surface area contributed by atoms with Gasteiger partial charge in [-0.2, -0.15) is 0 Å². The lowest BCUT2D eigenvalue weighted by Gasteiger charge is -2.21. The minimum Gasteiger partial charge on any atom is -0.465 e. The molecule has 0 aromatic heterocycles. The van der Waals surface area contributed by atoms with Gasteiger partial charge in [0, 0.05) is 37.3 Å². The van der Waals surface area contributed by atoms with Crippen LogP contribution in [0.3, 0.4) is 0 Å². The van der Waals surface area contributed by atoms with E-state index in [9.17, 15) is 14.4 Å². The van der Waals surface area contributed by atoms with Crippen molar-refractivity contribution in [3.8, 4) is 11.5 Å². The molecule has 1 aliphatic rings. The third kappa shape index (κ3) is 4.40. The summed E-state index contributed by atoms with van der Waals surface area (Å²) >= 11 is 0. The number of amides is 2. The minimum atomic E-state index is -0.485. The van der Waals surface area contributed by atoms with E-state index in [4.69, 9.17) is 9.47 Å². The number of hydrogen-bond donors (Lipinski definition) is 1. The summed E-state index contributed by atoms with van der Waals surface area (Å²) in [5.74, 6) is 0.221. The summed E-state index contributed by atoms with van der Waals surface area (Å²) in [5.41, 5.74) is 1.44. The predicted octanol–water partition coefficient (Wildman–Crippen LogP) is 2.58. The largest absolute Gasteiger partial charge is 0.465 e. The SMILES string of the molecule is COC(=O)c1cccc(NC(=O)CCN(C(C)=O)c2ccc3c(c2)OCO3)c1. The fraction of sp³-hybridized carbons (Fsp3) is 0.250. The van der Waals surface area contributed by atoms with Crippen LogP contribution >= 0.6 is 0 Å². The van der Waals surface area contributed by atoms with Gasteiger partial charge in [-0.3, -0.25) is 9.59 Å². The highest BCUT2D eigenvalue weighted by atomic mass is 16.7. The van der Waals surface area contributed by atoms with E-state index in [1.54, 1.807) is 36.4 Å². The molecule has 0 saturated heterocycles. The first-order valence-electron chi connectivity index (χ1n) is 8.64. The highest BCUT2D eigenvalue weighted by molar-refractivity contribution is 5.96. The van der Waals surface area contributed by atoms with Gasteiger partial charge in [0.05, 0.1) is 12.7 Å². The maximum atomic E-state index is 12.3. The van der Waals surface area contributed by atoms with Crippen LogP contribution in [0, 0.1) is 0 Å². The summed E-state index contributed by atoms with van der Waals surface area (Å²) in [4.78, 5) is 37.4. The number of hydrogen-bond acceptors (Lipinski definition) is 6. The summed E-state index contributed by atoms with van der Waals surface area (Å²) in [6.07, 6.45) is 0.0798. The molecule has 2 amide bonds. The average Bonchev–Trinajstić information content (AvgIpc) is 3.15. The van der Waals surface area contributed by atoms with Crippen LogP contribution in [0.25, 0.3) is 0 Å². The first-order chi connectivity index (χ1) is 13.5. The van der Waals surface area contributed by atoms with Crippen LogP contribution in [0.5, 0.6) is 11.5 Å². The van der Waals surface area contributed by atoms with Crippen LogP contribution in [-0.4, -0.2) is 38.2 Å². The molecule has 0 spiro atoms. The third-order valence-electron chi connectivity index (χ3n) is 4.18. The van der Waals surface area contributed by atoms with Crippen LogP contribution < -0.4 is 19.7 Å². The van der Waals surface area contributed by atoms with Crippen LogP contribution in [0.2, 0.25) is 0 Å². The van der Waals surface area contributed by atoms with Crippen molar-refractivity contribution in [1.29, 1.82) is 0 Å². The summed E-state index contributed by atoms with van der Waals surface area (Å²) in [5, 5.41) is 2.72. The van der Waals surface area contributed by atoms with Crippen LogP contribution in [-0.2, 0) is 14.3 Å². The second kappa shape index (κ2) is 8.43. The lowest BCUT2D eigenvalue weighted by molar-refractivity contribution is -0.117. The number of nitrogens with one attached hydrogen (secondary N) is 1. The molecular formula is C20H20N2O6. The Bertz CT molecular complexity index is 911. The van der Waals surface area contributed by atoms with Gasteiger partial charge in [-0.05, 0) is 30.3 Å². The lowest BCUT2D eigenvalue weighted by atomic mass is 10.2. The summed E-state index contributed by atoms with van der Waals surface area (Å²) in [7, 11) is 1.29. The van der Waals surface area contributed by atoms with Gasteiger partial charge in [-0.25, -0.2) is 4.79 Å². The molecule has 8 heteroatoms. The Labute approximate surface area is 162 Å². The molecule has 146 valence electrons. The zero-order valence-electron chi connectivity index (χ0n) is 15.6. The molecule has 0 aliphatic carbocycles. The van der Waals surface area contributed by atoms with Crippen LogP contribution in [0.1, 0.15) is 23.7 Å². The molecule has 3 rings (SSSR count). The van der Waals surface area contributed by atoms with Gasteiger partial charge in [0.25, 0.3) is 0 Å². The van der Waals surface area contributed by atoms with Crippen molar-refractivity contribution in [2.45, 2.75) is 13.3 Å². The maximum Gasteiger partial charge on any atom is 0.337 e. The predicted molar refractivity (Wildman–Crippen MR) is 102 cm³/mol. The summed E-state index contributed by atoms with van der Waals surface area (Å²) < 4.78 is 15.3. The minimum absolute atomic E-state index is 0.0798. The number of fused-ring (bicyclic) bond motifs is 1. The Balaban J connectivity index is 1.63. The molecule has 0 radical (unpaired) electrons. The van der Waals surface area contributed by atoms with Crippen molar-refractivity contribution in [3.05, 3.63) is 48.0 Å². The smallest absolute Gasteiger partial charge is 0.337 e. The van der Waals surface area contributed by atoms with Crippen molar-refractivity contribution < 1.29 is 28.6 Å². The van der Waals surface area contributed by atoms with E-state index < -0.39 is 5.97 Å². The van der Waals surface area contributed by atoms with Crippen molar-refractivity contribution in [2.24, 2.45) is 0 Å². The standard InChI is InChI=1S/C20H20N2O6/c1-13(23)22(16-6-7-17-18(11-16)28-12-27-17)9-8-19(24)21-15-5-3-4-14(10-15)20(25)26-2/h3-7,10-11H,8-9,12H2,1-2H3,(H,21,24). The summed E-state index contributed by atoms with van der Waals surface area (Å²) in [6.45, 7) is 1.77. The molecule has 2 aromatic rings. The van der Waals surface area contributed by atoms with E-state index >= 15 is 0 Å². The first-order valence-corrected chi connectivity index (χ1v) is 8.64. The highest BCUT2D eigenvalue weighted by Crippen LogP contribution is 2.35. The third-order valence-corrected chi connectivity index (χ3v) is 4.18. The quantitative estimate of drug-likeness (QED) is 0.770. The molecule has 0 bridgehead atoms. The second-order valence-corrected chi connectivity index (χ2v) is 6.08. The normalized spacial score (nSPS) is 11.6. The van der Waals surface area contributed by atoms with E-state index in [2.05, 4.69) is 10.1 Å². The molecule has 1 N–H and O–H groups in total. The summed E-state index contributed by atoms with van der Waals surface area (Å²) in [6, 6.07) is 11.6. The van der Waals surface area contributed by atoms with E-state index in [1.165, 1.54) is 25.0 Å². The molecule has 1 heterocycles. The Hall–Kier alpha value is -3.55. The molecule has 0 saturated carbocycles. The first kappa shape index (κ1) is 19.2. The maximum absolute atomic E-state index is 12.3. The number of rotatable bonds is 6. The van der Waals surface area contributed by atoms with E-state index in [-0.39, 0.29) is 31.6 Å². The average molecular weight is 384 g/mol. The fourth-order valence-electron chi connectivity index (χ4n) is 2.80. The Morgan fingerprint density at radius 3 is 2.64 bits per heavy atom. The zero-order valence-corrected chi connectivity index (χ0v) is 15.6. The van der Waals surface area contributed by atoms with Crippen molar-refractivity contribution >= 4 is 29.2 Å². The van der Waals surface area contributed by atoms with Gasteiger partial charge >= 0.3 is 5.97 Å². The van der Waals surface area contributed by atoms with E-state index in [0.717, 1.165) is 0 Å². The second-order valence-electron chi connectivity index (χ2n) is 6.08. The van der Waals surface area contributed by atoms with Gasteiger partial charge < -0.3 is 24.4 Å². The van der Waals surface area contributed by atoms with Gasteiger partial charge in [0.1, 0.15) is 0 Å². The Kier molecular flexibility index (Phi) is 5.78.